The molecule has 0 aromatic heterocycles. The number of nitrogens with one attached hydrogen (secondary N) is 1. The van der Waals surface area contributed by atoms with Crippen molar-refractivity contribution in [2.24, 2.45) is 11.3 Å². The second-order valence-electron chi connectivity index (χ2n) is 7.11. The molecule has 2 aliphatic carbocycles. The maximum Gasteiger partial charge on any atom is 0.216 e. The van der Waals surface area contributed by atoms with Gasteiger partial charge in [0.25, 0.3) is 0 Å². The van der Waals surface area contributed by atoms with Gasteiger partial charge >= 0.3 is 0 Å². The second kappa shape index (κ2) is 5.36. The molecule has 0 radical (unpaired) electrons. The Morgan fingerprint density at radius 2 is 2.05 bits per heavy atom. The molecule has 0 spiro atoms. The average Bonchev–Trinajstić information content (AvgIpc) is 3.26. The Morgan fingerprint density at radius 3 is 2.62 bits per heavy atom. The van der Waals surface area contributed by atoms with Gasteiger partial charge in [-0.05, 0) is 38.0 Å². The minimum absolute atomic E-state index is 0.0593. The molecule has 2 saturated carbocycles. The highest BCUT2D eigenvalue weighted by molar-refractivity contribution is 7.90. The van der Waals surface area contributed by atoms with Crippen LogP contribution >= 0.6 is 0 Å². The smallest absolute Gasteiger partial charge is 0.216 e. The molecule has 3 fully saturated rings. The highest BCUT2D eigenvalue weighted by Gasteiger charge is 2.71. The Hall–Kier alpha value is -0.390. The molecule has 3 unspecified atom stereocenters. The Kier molecular flexibility index (Phi) is 3.95. The van der Waals surface area contributed by atoms with E-state index in [0.717, 1.165) is 25.7 Å². The van der Waals surface area contributed by atoms with E-state index >= 15 is 0 Å². The molecule has 0 aromatic carbocycles. The van der Waals surface area contributed by atoms with Gasteiger partial charge < -0.3 is 4.74 Å². The van der Waals surface area contributed by atoms with Gasteiger partial charge in [0.2, 0.25) is 10.0 Å². The number of unbranched alkanes of at least 4 members (excludes halogenated alkanes) is 3. The number of hydrogen-bond acceptors (Lipinski definition) is 3. The topological polar surface area (TPSA) is 58.7 Å². The number of ether oxygens (including phenoxy) is 1. The molecule has 1 heterocycles. The van der Waals surface area contributed by atoms with Crippen LogP contribution in [0.25, 0.3) is 0 Å². The van der Waals surface area contributed by atoms with Gasteiger partial charge in [-0.3, -0.25) is 0 Å². The second-order valence-corrected chi connectivity index (χ2v) is 9.07. The third kappa shape index (κ3) is 3.06. The largest absolute Gasteiger partial charge is 0.352 e. The molecule has 1 aliphatic heterocycles. The molecular formula is C16H27NO3S. The Labute approximate surface area is 128 Å². The molecule has 1 saturated heterocycles. The lowest BCUT2D eigenvalue weighted by atomic mass is 9.97. The van der Waals surface area contributed by atoms with E-state index in [4.69, 9.17) is 4.74 Å². The molecule has 3 aliphatic rings. The van der Waals surface area contributed by atoms with E-state index in [1.807, 2.05) is 0 Å². The van der Waals surface area contributed by atoms with Crippen molar-refractivity contribution >= 4 is 10.0 Å². The van der Waals surface area contributed by atoms with E-state index in [-0.39, 0.29) is 10.7 Å². The van der Waals surface area contributed by atoms with Crippen molar-refractivity contribution in [1.82, 2.24) is 4.72 Å². The number of allylic oxidation sites excluding steroid dienone is 2. The molecule has 3 atom stereocenters. The summed E-state index contributed by atoms with van der Waals surface area (Å²) >= 11 is 0. The zero-order valence-corrected chi connectivity index (χ0v) is 13.9. The molecule has 0 amide bonds. The normalized spacial score (nSPS) is 38.9. The third-order valence-corrected chi connectivity index (χ3v) is 7.23. The maximum absolute atomic E-state index is 12.2. The molecular weight excluding hydrogens is 286 g/mol. The zero-order chi connectivity index (χ0) is 15.1. The summed E-state index contributed by atoms with van der Waals surface area (Å²) in [7, 11) is -3.18. The van der Waals surface area contributed by atoms with Crippen LogP contribution in [0.2, 0.25) is 0 Å². The van der Waals surface area contributed by atoms with Crippen molar-refractivity contribution in [2.75, 3.05) is 6.61 Å². The van der Waals surface area contributed by atoms with Gasteiger partial charge in [-0.2, -0.15) is 4.72 Å². The minimum Gasteiger partial charge on any atom is -0.352 e. The fourth-order valence-corrected chi connectivity index (χ4v) is 4.92. The van der Waals surface area contributed by atoms with Gasteiger partial charge in [0.15, 0.2) is 5.72 Å². The van der Waals surface area contributed by atoms with Crippen LogP contribution in [-0.2, 0) is 14.8 Å². The first kappa shape index (κ1) is 15.5. The number of sulfonamides is 1. The van der Waals surface area contributed by atoms with Crippen molar-refractivity contribution in [3.63, 3.8) is 0 Å². The van der Waals surface area contributed by atoms with Crippen molar-refractivity contribution < 1.29 is 13.2 Å². The predicted octanol–water partition coefficient (Wildman–Crippen LogP) is 2.96. The van der Waals surface area contributed by atoms with Crippen molar-refractivity contribution in [3.05, 3.63) is 12.2 Å². The highest BCUT2D eigenvalue weighted by Crippen LogP contribution is 2.65. The highest BCUT2D eigenvalue weighted by atomic mass is 32.2. The predicted molar refractivity (Wildman–Crippen MR) is 83.3 cm³/mol. The molecule has 0 aromatic rings. The summed E-state index contributed by atoms with van der Waals surface area (Å²) in [6.45, 7) is 4.88. The summed E-state index contributed by atoms with van der Waals surface area (Å²) in [5, 5.41) is -0.177. The first-order valence-electron chi connectivity index (χ1n) is 8.27. The average molecular weight is 313 g/mol. The number of hydrogen-bond donors (Lipinski definition) is 1. The molecule has 5 heteroatoms. The lowest BCUT2D eigenvalue weighted by molar-refractivity contribution is 0.189. The SMILES string of the molecule is CCCCCC=CC1CC1(C)C1(NS(=O)(=O)C2CC2)CO1. The van der Waals surface area contributed by atoms with Crippen LogP contribution in [0.15, 0.2) is 12.2 Å². The summed E-state index contributed by atoms with van der Waals surface area (Å²) in [6.07, 6.45) is 12.0. The van der Waals surface area contributed by atoms with Gasteiger partial charge in [0.1, 0.15) is 0 Å². The molecule has 120 valence electrons. The summed E-state index contributed by atoms with van der Waals surface area (Å²) in [5.74, 6) is 0.448. The molecule has 0 bridgehead atoms. The van der Waals surface area contributed by atoms with Crippen LogP contribution < -0.4 is 4.72 Å². The summed E-state index contributed by atoms with van der Waals surface area (Å²) in [4.78, 5) is 0. The van der Waals surface area contributed by atoms with Gasteiger partial charge in [-0.15, -0.1) is 0 Å². The number of epoxide rings is 1. The molecule has 3 rings (SSSR count). The fraction of sp³-hybridized carbons (Fsp3) is 0.875. The van der Waals surface area contributed by atoms with Crippen LogP contribution in [0.3, 0.4) is 0 Å². The van der Waals surface area contributed by atoms with Crippen LogP contribution in [-0.4, -0.2) is 26.0 Å². The standard InChI is InChI=1S/C16H27NO3S/c1-3-4-5-6-7-8-13-11-15(13,2)16(12-20-16)17-21(18,19)14-9-10-14/h7-8,13-14,17H,3-6,9-12H2,1-2H3. The van der Waals surface area contributed by atoms with Gasteiger partial charge in [-0.1, -0.05) is 38.8 Å². The van der Waals surface area contributed by atoms with Crippen LogP contribution in [0.1, 0.15) is 58.8 Å². The van der Waals surface area contributed by atoms with E-state index < -0.39 is 15.7 Å². The van der Waals surface area contributed by atoms with Crippen molar-refractivity contribution in [3.8, 4) is 0 Å². The monoisotopic (exact) mass is 313 g/mol. The lowest BCUT2D eigenvalue weighted by Gasteiger charge is -2.21. The lowest BCUT2D eigenvalue weighted by Crippen LogP contribution is -2.46. The van der Waals surface area contributed by atoms with E-state index in [2.05, 4.69) is 30.7 Å². The molecule has 21 heavy (non-hydrogen) atoms. The fourth-order valence-electron chi connectivity index (χ4n) is 3.18. The first-order valence-corrected chi connectivity index (χ1v) is 9.81. The Morgan fingerprint density at radius 1 is 1.33 bits per heavy atom. The quantitative estimate of drug-likeness (QED) is 0.404. The summed E-state index contributed by atoms with van der Waals surface area (Å²) < 4.78 is 32.8. The zero-order valence-electron chi connectivity index (χ0n) is 13.1. The Balaban J connectivity index is 1.54. The van der Waals surface area contributed by atoms with Crippen molar-refractivity contribution in [1.29, 1.82) is 0 Å². The van der Waals surface area contributed by atoms with Gasteiger partial charge in [0, 0.05) is 5.41 Å². The Bertz CT molecular complexity index is 520. The van der Waals surface area contributed by atoms with E-state index in [1.165, 1.54) is 19.3 Å². The van der Waals surface area contributed by atoms with E-state index in [0.29, 0.717) is 12.5 Å². The summed E-state index contributed by atoms with van der Waals surface area (Å²) in [6, 6.07) is 0. The van der Waals surface area contributed by atoms with Crippen LogP contribution in [0.5, 0.6) is 0 Å². The first-order chi connectivity index (χ1) is 9.94. The van der Waals surface area contributed by atoms with Crippen LogP contribution in [0, 0.1) is 11.3 Å². The summed E-state index contributed by atoms with van der Waals surface area (Å²) in [5.41, 5.74) is -0.678. The molecule has 1 N–H and O–H groups in total. The van der Waals surface area contributed by atoms with Gasteiger partial charge in [0.05, 0.1) is 11.9 Å². The maximum atomic E-state index is 12.2. The molecule has 4 nitrogen and oxygen atoms in total. The third-order valence-electron chi connectivity index (χ3n) is 5.27. The van der Waals surface area contributed by atoms with E-state index in [9.17, 15) is 8.42 Å². The van der Waals surface area contributed by atoms with E-state index in [1.54, 1.807) is 0 Å². The van der Waals surface area contributed by atoms with Gasteiger partial charge in [-0.25, -0.2) is 8.42 Å². The van der Waals surface area contributed by atoms with Crippen molar-refractivity contribution in [2.45, 2.75) is 69.8 Å². The van der Waals surface area contributed by atoms with Crippen LogP contribution in [0.4, 0.5) is 0 Å². The minimum atomic E-state index is -3.18. The number of rotatable bonds is 9.